The van der Waals surface area contributed by atoms with Crippen molar-refractivity contribution in [1.82, 2.24) is 0 Å². The lowest BCUT2D eigenvalue weighted by atomic mass is 9.41. The van der Waals surface area contributed by atoms with Gasteiger partial charge >= 0.3 is 23.9 Å². The second kappa shape index (κ2) is 4.26. The highest BCUT2D eigenvalue weighted by atomic mass is 16.6. The van der Waals surface area contributed by atoms with E-state index in [4.69, 9.17) is 14.2 Å². The predicted molar refractivity (Wildman–Crippen MR) is 74.6 cm³/mol. The normalized spacial score (nSPS) is 45.6. The summed E-state index contributed by atoms with van der Waals surface area (Å²) in [7, 11) is 1.51. The average molecular weight is 332 g/mol. The number of carbonyl (C=O) groups is 4. The van der Waals surface area contributed by atoms with Crippen molar-refractivity contribution < 1.29 is 33.4 Å². The third kappa shape index (κ3) is 1.29. The maximum atomic E-state index is 12.5. The lowest BCUT2D eigenvalue weighted by Gasteiger charge is -2.58. The molecule has 126 valence electrons. The molecule has 6 atom stereocenters. The second-order valence-electron chi connectivity index (χ2n) is 7.31. The highest BCUT2D eigenvalue weighted by Gasteiger charge is 2.78. The van der Waals surface area contributed by atoms with E-state index in [2.05, 4.69) is 0 Å². The summed E-state index contributed by atoms with van der Waals surface area (Å²) in [6, 6.07) is 0. The third-order valence-corrected chi connectivity index (χ3v) is 6.71. The van der Waals surface area contributed by atoms with Gasteiger partial charge in [0.25, 0.3) is 0 Å². The molecule has 1 spiro atoms. The maximum Gasteiger partial charge on any atom is 0.318 e. The molecule has 0 amide bonds. The molecule has 4 fully saturated rings. The second-order valence-corrected chi connectivity index (χ2v) is 7.31. The van der Waals surface area contributed by atoms with Crippen molar-refractivity contribution in [3.63, 3.8) is 0 Å². The lowest BCUT2D eigenvalue weighted by Crippen LogP contribution is -2.62. The van der Waals surface area contributed by atoms with Crippen molar-refractivity contribution in [2.75, 3.05) is 7.11 Å². The number of ether oxygens (including phenoxy) is 3. The van der Waals surface area contributed by atoms with Crippen molar-refractivity contribution >= 4 is 23.9 Å². The van der Waals surface area contributed by atoms with Gasteiger partial charge in [0, 0.05) is 11.3 Å². The minimum absolute atomic E-state index is 0.564. The van der Waals surface area contributed by atoms with Crippen LogP contribution in [0.4, 0.5) is 0 Å². The molecule has 7 heteroatoms. The van der Waals surface area contributed by atoms with E-state index in [1.807, 2.05) is 0 Å². The van der Waals surface area contributed by atoms with E-state index in [-0.39, 0.29) is 0 Å². The number of carbonyl (C=O) groups excluding carboxylic acids is 4. The van der Waals surface area contributed by atoms with E-state index in [1.165, 1.54) is 7.11 Å². The first-order valence-corrected chi connectivity index (χ1v) is 8.31. The zero-order valence-corrected chi connectivity index (χ0v) is 13.1. The summed E-state index contributed by atoms with van der Waals surface area (Å²) in [6.45, 7) is 0. The number of hydrogen-bond acceptors (Lipinski definition) is 7. The average Bonchev–Trinajstić information content (AvgIpc) is 3.04. The van der Waals surface area contributed by atoms with Crippen molar-refractivity contribution in [3.05, 3.63) is 11.3 Å². The molecular weight excluding hydrogens is 316 g/mol. The first kappa shape index (κ1) is 14.2. The molecule has 0 radical (unpaired) electrons. The van der Waals surface area contributed by atoms with Crippen LogP contribution in [0.25, 0.3) is 0 Å². The minimum Gasteiger partial charge on any atom is -0.501 e. The Hall–Kier alpha value is -2.18. The van der Waals surface area contributed by atoms with Crippen LogP contribution in [0.3, 0.4) is 0 Å². The molecule has 7 nitrogen and oxygen atoms in total. The van der Waals surface area contributed by atoms with Crippen LogP contribution in [0.15, 0.2) is 11.3 Å². The van der Waals surface area contributed by atoms with Crippen LogP contribution in [0.5, 0.6) is 0 Å². The van der Waals surface area contributed by atoms with Crippen LogP contribution in [0.2, 0.25) is 0 Å². The fraction of sp³-hybridized carbons (Fsp3) is 0.647. The molecule has 0 aromatic carbocycles. The highest BCUT2D eigenvalue weighted by molar-refractivity contribution is 6.04. The fourth-order valence-corrected chi connectivity index (χ4v) is 6.14. The van der Waals surface area contributed by atoms with Crippen LogP contribution in [0.1, 0.15) is 25.7 Å². The molecule has 2 aliphatic heterocycles. The van der Waals surface area contributed by atoms with E-state index < -0.39 is 58.9 Å². The van der Waals surface area contributed by atoms with E-state index in [0.29, 0.717) is 18.6 Å². The molecule has 2 heterocycles. The summed E-state index contributed by atoms with van der Waals surface area (Å²) < 4.78 is 15.5. The number of allylic oxidation sites excluding steroid dienone is 2. The molecule has 2 saturated heterocycles. The van der Waals surface area contributed by atoms with Gasteiger partial charge < -0.3 is 14.2 Å². The van der Waals surface area contributed by atoms with Gasteiger partial charge in [0.05, 0.1) is 30.8 Å². The molecular formula is C17H16O7. The molecule has 0 aromatic rings. The van der Waals surface area contributed by atoms with Gasteiger partial charge in [-0.1, -0.05) is 6.42 Å². The van der Waals surface area contributed by atoms with Gasteiger partial charge in [-0.05, 0) is 24.8 Å². The molecule has 2 saturated carbocycles. The van der Waals surface area contributed by atoms with Gasteiger partial charge in [0.15, 0.2) is 0 Å². The Kier molecular flexibility index (Phi) is 2.52. The van der Waals surface area contributed by atoms with Crippen molar-refractivity contribution in [1.29, 1.82) is 0 Å². The topological polar surface area (TPSA) is 96.0 Å². The van der Waals surface area contributed by atoms with E-state index >= 15 is 0 Å². The van der Waals surface area contributed by atoms with E-state index in [0.717, 1.165) is 18.4 Å². The Morgan fingerprint density at radius 3 is 2.00 bits per heavy atom. The Balaban J connectivity index is 1.84. The van der Waals surface area contributed by atoms with Gasteiger partial charge in [0.2, 0.25) is 0 Å². The summed E-state index contributed by atoms with van der Waals surface area (Å²) >= 11 is 0. The Morgan fingerprint density at radius 1 is 0.875 bits per heavy atom. The zero-order valence-electron chi connectivity index (χ0n) is 13.1. The highest BCUT2D eigenvalue weighted by Crippen LogP contribution is 2.71. The molecule has 6 aliphatic rings. The number of hydrogen-bond donors (Lipinski definition) is 0. The Morgan fingerprint density at radius 2 is 1.46 bits per heavy atom. The number of cyclic esters (lactones) is 4. The Labute approximate surface area is 137 Å². The molecule has 0 aromatic heterocycles. The van der Waals surface area contributed by atoms with Crippen molar-refractivity contribution in [2.45, 2.75) is 25.7 Å². The molecule has 6 rings (SSSR count). The lowest BCUT2D eigenvalue weighted by molar-refractivity contribution is -0.158. The summed E-state index contributed by atoms with van der Waals surface area (Å²) in [5.74, 6) is -5.34. The summed E-state index contributed by atoms with van der Waals surface area (Å²) in [5, 5.41) is 0. The van der Waals surface area contributed by atoms with Gasteiger partial charge in [0.1, 0.15) is 5.76 Å². The monoisotopic (exact) mass is 332 g/mol. The SMILES string of the molecule is COC1=C2CCCCC23[C@@H]2C(=O)OC(=O)[C@@H]2C1[C@@H]1C(=O)OC(=O)[C@@H]13. The standard InChI is InChI=1S/C17H16O7/c1-22-12-6-4-2-3-5-17(6)10-8(13(18)23-15(10)20)7(12)9-11(17)16(21)24-14(9)19/h7-11H,2-5H2,1H3/t7?,8-,9+,10+,11-,17?. The summed E-state index contributed by atoms with van der Waals surface area (Å²) in [5.41, 5.74) is 0.0437. The van der Waals surface area contributed by atoms with Crippen molar-refractivity contribution in [3.8, 4) is 0 Å². The van der Waals surface area contributed by atoms with E-state index in [1.54, 1.807) is 0 Å². The molecule has 2 bridgehead atoms. The summed E-state index contributed by atoms with van der Waals surface area (Å²) in [4.78, 5) is 49.7. The molecule has 24 heavy (non-hydrogen) atoms. The number of methoxy groups -OCH3 is 1. The predicted octanol–water partition coefficient (Wildman–Crippen LogP) is 0.722. The van der Waals surface area contributed by atoms with Gasteiger partial charge in [-0.2, -0.15) is 0 Å². The van der Waals surface area contributed by atoms with Gasteiger partial charge in [-0.15, -0.1) is 0 Å². The smallest absolute Gasteiger partial charge is 0.318 e. The first-order valence-electron chi connectivity index (χ1n) is 8.31. The van der Waals surface area contributed by atoms with Crippen LogP contribution in [-0.2, 0) is 33.4 Å². The van der Waals surface area contributed by atoms with E-state index in [9.17, 15) is 19.2 Å². The van der Waals surface area contributed by atoms with Crippen molar-refractivity contribution in [2.24, 2.45) is 35.0 Å². The number of esters is 4. The molecule has 0 N–H and O–H groups in total. The largest absolute Gasteiger partial charge is 0.501 e. The van der Waals surface area contributed by atoms with Crippen LogP contribution in [0, 0.1) is 35.0 Å². The van der Waals surface area contributed by atoms with Crippen LogP contribution >= 0.6 is 0 Å². The summed E-state index contributed by atoms with van der Waals surface area (Å²) in [6.07, 6.45) is 3.02. The van der Waals surface area contributed by atoms with Crippen LogP contribution in [-0.4, -0.2) is 31.0 Å². The molecule has 4 aliphatic carbocycles. The van der Waals surface area contributed by atoms with Gasteiger partial charge in [-0.3, -0.25) is 19.2 Å². The fourth-order valence-electron chi connectivity index (χ4n) is 6.14. The third-order valence-electron chi connectivity index (χ3n) is 6.71. The van der Waals surface area contributed by atoms with Gasteiger partial charge in [-0.25, -0.2) is 0 Å². The number of rotatable bonds is 1. The zero-order chi connectivity index (χ0) is 16.8. The minimum atomic E-state index is -0.875. The van der Waals surface area contributed by atoms with Crippen LogP contribution < -0.4 is 0 Å². The first-order chi connectivity index (χ1) is 11.5. The maximum absolute atomic E-state index is 12.5. The quantitative estimate of drug-likeness (QED) is 0.516. The molecule has 2 unspecified atom stereocenters. The Bertz CT molecular complexity index is 706.